The molecule has 0 radical (unpaired) electrons. The van der Waals surface area contributed by atoms with Gasteiger partial charge in [-0.25, -0.2) is 17.2 Å². The van der Waals surface area contributed by atoms with Gasteiger partial charge in [0.25, 0.3) is 10.0 Å². The van der Waals surface area contributed by atoms with Crippen LogP contribution in [0.1, 0.15) is 18.5 Å². The Bertz CT molecular complexity index is 1140. The summed E-state index contributed by atoms with van der Waals surface area (Å²) >= 11 is 0. The van der Waals surface area contributed by atoms with Crippen LogP contribution in [-0.4, -0.2) is 13.5 Å². The lowest BCUT2D eigenvalue weighted by molar-refractivity contribution is 0.474. The van der Waals surface area contributed by atoms with Gasteiger partial charge in [-0.2, -0.15) is 0 Å². The first kappa shape index (κ1) is 17.5. The van der Waals surface area contributed by atoms with E-state index in [2.05, 4.69) is 0 Å². The lowest BCUT2D eigenvalue weighted by atomic mass is 9.90. The van der Waals surface area contributed by atoms with Crippen LogP contribution in [0.5, 0.6) is 5.75 Å². The van der Waals surface area contributed by atoms with E-state index in [-0.39, 0.29) is 16.3 Å². The van der Waals surface area contributed by atoms with Crippen molar-refractivity contribution in [2.24, 2.45) is 0 Å². The Balaban J connectivity index is 1.97. The predicted octanol–water partition coefficient (Wildman–Crippen LogP) is 4.61. The average Bonchev–Trinajstić information content (AvgIpc) is 2.62. The summed E-state index contributed by atoms with van der Waals surface area (Å²) < 4.78 is 55.5. The van der Waals surface area contributed by atoms with Gasteiger partial charge < -0.3 is 5.11 Å². The number of phenolic OH excluding ortho intramolecular Hbond substituents is 1. The molecule has 1 aliphatic heterocycles. The van der Waals surface area contributed by atoms with Crippen LogP contribution >= 0.6 is 0 Å². The van der Waals surface area contributed by atoms with E-state index in [1.54, 1.807) is 6.92 Å². The molecule has 1 heterocycles. The minimum Gasteiger partial charge on any atom is -0.508 e. The average molecular weight is 387 g/mol. The van der Waals surface area contributed by atoms with Gasteiger partial charge in [0, 0.05) is 5.56 Å². The van der Waals surface area contributed by atoms with Crippen LogP contribution in [0, 0.1) is 11.6 Å². The maximum atomic E-state index is 13.9. The molecule has 0 amide bonds. The summed E-state index contributed by atoms with van der Waals surface area (Å²) in [7, 11) is -4.00. The van der Waals surface area contributed by atoms with Crippen molar-refractivity contribution < 1.29 is 22.3 Å². The molecule has 1 N–H and O–H groups in total. The summed E-state index contributed by atoms with van der Waals surface area (Å²) in [6.45, 7) is 1.70. The van der Waals surface area contributed by atoms with Gasteiger partial charge in [-0.15, -0.1) is 0 Å². The number of aromatic hydroxyl groups is 1. The first-order valence-corrected chi connectivity index (χ1v) is 9.66. The minimum absolute atomic E-state index is 0.00649. The van der Waals surface area contributed by atoms with E-state index >= 15 is 0 Å². The Morgan fingerprint density at radius 1 is 0.889 bits per heavy atom. The summed E-state index contributed by atoms with van der Waals surface area (Å²) in [6, 6.07) is 12.4. The molecule has 0 fully saturated rings. The normalized spacial score (nSPS) is 16.0. The van der Waals surface area contributed by atoms with Gasteiger partial charge in [0.05, 0.1) is 16.6 Å². The maximum absolute atomic E-state index is 13.9. The molecule has 4 rings (SSSR count). The van der Waals surface area contributed by atoms with Crippen molar-refractivity contribution in [3.63, 3.8) is 0 Å². The van der Waals surface area contributed by atoms with E-state index in [4.69, 9.17) is 0 Å². The molecule has 3 aromatic carbocycles. The molecule has 0 saturated heterocycles. The molecule has 0 spiro atoms. The van der Waals surface area contributed by atoms with E-state index in [1.165, 1.54) is 65.0 Å². The quantitative estimate of drug-likeness (QED) is 0.699. The van der Waals surface area contributed by atoms with Gasteiger partial charge >= 0.3 is 0 Å². The molecule has 7 heteroatoms. The fourth-order valence-corrected chi connectivity index (χ4v) is 5.10. The number of benzene rings is 3. The molecule has 0 aliphatic carbocycles. The second kappa shape index (κ2) is 6.06. The van der Waals surface area contributed by atoms with Crippen LogP contribution in [0.3, 0.4) is 0 Å². The number of hydrogen-bond acceptors (Lipinski definition) is 3. The standard InChI is InChI=1S/C20H15F2NO3S/c1-12-17-8-2-13(21)10-18(17)19-11-14(22)3-9-20(19)23(12)27(25,26)16-6-4-15(24)5-7-16/h2-12,24H,1H3. The molecular formula is C20H15F2NO3S. The smallest absolute Gasteiger partial charge is 0.264 e. The lowest BCUT2D eigenvalue weighted by Crippen LogP contribution is -2.36. The number of hydrogen-bond donors (Lipinski definition) is 1. The Hall–Kier alpha value is -2.93. The minimum atomic E-state index is -4.00. The summed E-state index contributed by atoms with van der Waals surface area (Å²) in [5, 5.41) is 9.44. The van der Waals surface area contributed by atoms with Gasteiger partial charge in [0.2, 0.25) is 0 Å². The highest BCUT2D eigenvalue weighted by molar-refractivity contribution is 7.92. The molecule has 1 aliphatic rings. The van der Waals surface area contributed by atoms with E-state index in [1.807, 2.05) is 0 Å². The van der Waals surface area contributed by atoms with E-state index in [0.717, 1.165) is 0 Å². The molecule has 0 aromatic heterocycles. The van der Waals surface area contributed by atoms with Crippen molar-refractivity contribution in [2.75, 3.05) is 4.31 Å². The molecule has 4 nitrogen and oxygen atoms in total. The third-order valence-corrected chi connectivity index (χ3v) is 6.60. The van der Waals surface area contributed by atoms with Crippen LogP contribution in [0.25, 0.3) is 11.1 Å². The van der Waals surface area contributed by atoms with Crippen LogP contribution in [0.4, 0.5) is 14.5 Å². The highest BCUT2D eigenvalue weighted by Crippen LogP contribution is 2.47. The van der Waals surface area contributed by atoms with E-state index < -0.39 is 27.7 Å². The molecule has 0 bridgehead atoms. The molecule has 0 saturated carbocycles. The zero-order valence-corrected chi connectivity index (χ0v) is 15.0. The highest BCUT2D eigenvalue weighted by atomic mass is 32.2. The second-order valence-electron chi connectivity index (χ2n) is 6.36. The van der Waals surface area contributed by atoms with Gasteiger partial charge in [-0.1, -0.05) is 6.07 Å². The second-order valence-corrected chi connectivity index (χ2v) is 8.18. The molecule has 1 atom stereocenters. The summed E-state index contributed by atoms with van der Waals surface area (Å²) in [5.74, 6) is -1.07. The summed E-state index contributed by atoms with van der Waals surface area (Å²) in [6.07, 6.45) is 0. The molecule has 138 valence electrons. The van der Waals surface area contributed by atoms with Crippen molar-refractivity contribution in [3.8, 4) is 16.9 Å². The number of fused-ring (bicyclic) bond motifs is 3. The first-order valence-electron chi connectivity index (χ1n) is 8.22. The van der Waals surface area contributed by atoms with Crippen molar-refractivity contribution >= 4 is 15.7 Å². The third-order valence-electron chi connectivity index (χ3n) is 4.70. The number of halogens is 2. The van der Waals surface area contributed by atoms with E-state index in [0.29, 0.717) is 16.7 Å². The molecule has 27 heavy (non-hydrogen) atoms. The largest absolute Gasteiger partial charge is 0.508 e. The fraction of sp³-hybridized carbons (Fsp3) is 0.100. The zero-order chi connectivity index (χ0) is 19.3. The van der Waals surface area contributed by atoms with Crippen molar-refractivity contribution in [1.82, 2.24) is 0 Å². The van der Waals surface area contributed by atoms with Gasteiger partial charge in [0.15, 0.2) is 0 Å². The number of nitrogens with zero attached hydrogens (tertiary/aromatic N) is 1. The lowest BCUT2D eigenvalue weighted by Gasteiger charge is -2.37. The summed E-state index contributed by atoms with van der Waals surface area (Å²) in [5.41, 5.74) is 1.63. The van der Waals surface area contributed by atoms with Crippen LogP contribution in [-0.2, 0) is 10.0 Å². The Labute approximate surface area is 155 Å². The van der Waals surface area contributed by atoms with Gasteiger partial charge in [-0.3, -0.25) is 4.31 Å². The van der Waals surface area contributed by atoms with Crippen LogP contribution in [0.15, 0.2) is 65.6 Å². The highest BCUT2D eigenvalue weighted by Gasteiger charge is 2.37. The molecule has 1 unspecified atom stereocenters. The monoisotopic (exact) mass is 387 g/mol. The zero-order valence-electron chi connectivity index (χ0n) is 14.2. The topological polar surface area (TPSA) is 57.6 Å². The van der Waals surface area contributed by atoms with Gasteiger partial charge in [-0.05, 0) is 72.6 Å². The number of rotatable bonds is 2. The Morgan fingerprint density at radius 2 is 1.48 bits per heavy atom. The van der Waals surface area contributed by atoms with Crippen molar-refractivity contribution in [1.29, 1.82) is 0 Å². The number of anilines is 1. The first-order chi connectivity index (χ1) is 12.8. The molecular weight excluding hydrogens is 372 g/mol. The third kappa shape index (κ3) is 2.75. The Kier molecular flexibility index (Phi) is 3.92. The SMILES string of the molecule is CC1c2ccc(F)cc2-c2cc(F)ccc2N1S(=O)(=O)c1ccc(O)cc1. The molecule has 3 aromatic rings. The predicted molar refractivity (Wildman–Crippen MR) is 98.0 cm³/mol. The van der Waals surface area contributed by atoms with Crippen molar-refractivity contribution in [3.05, 3.63) is 77.9 Å². The maximum Gasteiger partial charge on any atom is 0.264 e. The number of phenols is 1. The van der Waals surface area contributed by atoms with Crippen LogP contribution in [0.2, 0.25) is 0 Å². The van der Waals surface area contributed by atoms with Crippen LogP contribution < -0.4 is 4.31 Å². The number of sulfonamides is 1. The fourth-order valence-electron chi connectivity index (χ4n) is 3.45. The van der Waals surface area contributed by atoms with Gasteiger partial charge in [0.1, 0.15) is 17.4 Å². The van der Waals surface area contributed by atoms with E-state index in [9.17, 15) is 22.3 Å². The Morgan fingerprint density at radius 3 is 2.15 bits per heavy atom. The summed E-state index contributed by atoms with van der Waals surface area (Å²) in [4.78, 5) is -0.00649. The van der Waals surface area contributed by atoms with Crippen molar-refractivity contribution in [2.45, 2.75) is 17.9 Å².